The van der Waals surface area contributed by atoms with Crippen molar-refractivity contribution in [3.8, 4) is 17.2 Å². The smallest absolute Gasteiger partial charge is 0.297 e. The number of hydrogen-bond donors (Lipinski definition) is 1. The second-order valence-corrected chi connectivity index (χ2v) is 6.39. The maximum Gasteiger partial charge on any atom is 0.297 e. The zero-order valence-electron chi connectivity index (χ0n) is 14.4. The van der Waals surface area contributed by atoms with Gasteiger partial charge >= 0.3 is 0 Å². The molecule has 6 nitrogen and oxygen atoms in total. The Hall–Kier alpha value is -2.80. The minimum Gasteiger partial charge on any atom is -0.493 e. The van der Waals surface area contributed by atoms with Gasteiger partial charge in [-0.25, -0.2) is 4.98 Å². The summed E-state index contributed by atoms with van der Waals surface area (Å²) >= 11 is 3.39. The molecule has 0 aliphatic carbocycles. The van der Waals surface area contributed by atoms with Crippen molar-refractivity contribution in [3.05, 3.63) is 75.2 Å². The maximum atomic E-state index is 12.7. The van der Waals surface area contributed by atoms with E-state index >= 15 is 0 Å². The molecule has 3 aromatic rings. The fourth-order valence-electron chi connectivity index (χ4n) is 2.51. The van der Waals surface area contributed by atoms with Crippen LogP contribution in [0.3, 0.4) is 0 Å². The van der Waals surface area contributed by atoms with Crippen LogP contribution in [0, 0.1) is 0 Å². The standard InChI is InChI=1S/C19H18BrN3O3/c1-25-16-8-3-13(11-17(16)26-2)12-22-18-19(24)23(10-9-21-18)15-6-4-14(20)5-7-15/h3-11H,12H2,1-2H3,(H,21,22). The molecule has 0 amide bonds. The molecule has 1 heterocycles. The summed E-state index contributed by atoms with van der Waals surface area (Å²) in [6.45, 7) is 0.437. The van der Waals surface area contributed by atoms with Crippen LogP contribution >= 0.6 is 15.9 Å². The van der Waals surface area contributed by atoms with Gasteiger partial charge in [0.25, 0.3) is 5.56 Å². The number of rotatable bonds is 6. The van der Waals surface area contributed by atoms with Crippen molar-refractivity contribution in [1.82, 2.24) is 9.55 Å². The number of hydrogen-bond acceptors (Lipinski definition) is 5. The monoisotopic (exact) mass is 415 g/mol. The first-order valence-electron chi connectivity index (χ1n) is 7.90. The third-order valence-electron chi connectivity index (χ3n) is 3.85. The molecule has 0 saturated heterocycles. The first kappa shape index (κ1) is 18.0. The zero-order valence-corrected chi connectivity index (χ0v) is 16.0. The largest absolute Gasteiger partial charge is 0.493 e. The summed E-state index contributed by atoms with van der Waals surface area (Å²) in [6.07, 6.45) is 3.24. The molecule has 2 aromatic carbocycles. The van der Waals surface area contributed by atoms with E-state index in [0.717, 1.165) is 15.7 Å². The van der Waals surface area contributed by atoms with Gasteiger partial charge in [-0.2, -0.15) is 0 Å². The average molecular weight is 416 g/mol. The third kappa shape index (κ3) is 3.88. The minimum atomic E-state index is -0.213. The molecule has 0 bridgehead atoms. The maximum absolute atomic E-state index is 12.7. The molecule has 134 valence electrons. The highest BCUT2D eigenvalue weighted by molar-refractivity contribution is 9.10. The number of benzene rings is 2. The van der Waals surface area contributed by atoms with Crippen molar-refractivity contribution in [3.63, 3.8) is 0 Å². The van der Waals surface area contributed by atoms with Crippen molar-refractivity contribution >= 4 is 21.7 Å². The lowest BCUT2D eigenvalue weighted by molar-refractivity contribution is 0.354. The summed E-state index contributed by atoms with van der Waals surface area (Å²) in [5.74, 6) is 1.58. The normalized spacial score (nSPS) is 10.4. The molecular formula is C19H18BrN3O3. The Kier molecular flexibility index (Phi) is 5.58. The highest BCUT2D eigenvalue weighted by Gasteiger charge is 2.08. The van der Waals surface area contributed by atoms with Crippen molar-refractivity contribution in [1.29, 1.82) is 0 Å². The summed E-state index contributed by atoms with van der Waals surface area (Å²) < 4.78 is 13.0. The Morgan fingerprint density at radius 3 is 2.50 bits per heavy atom. The van der Waals surface area contributed by atoms with E-state index in [1.807, 2.05) is 42.5 Å². The molecule has 0 radical (unpaired) electrons. The molecular weight excluding hydrogens is 398 g/mol. The molecule has 26 heavy (non-hydrogen) atoms. The van der Waals surface area contributed by atoms with Crippen LogP contribution in [-0.4, -0.2) is 23.8 Å². The van der Waals surface area contributed by atoms with E-state index in [-0.39, 0.29) is 11.4 Å². The number of methoxy groups -OCH3 is 2. The van der Waals surface area contributed by atoms with Gasteiger partial charge in [0, 0.05) is 29.1 Å². The Labute approximate surface area is 159 Å². The molecule has 0 spiro atoms. The van der Waals surface area contributed by atoms with Gasteiger partial charge in [-0.3, -0.25) is 9.36 Å². The molecule has 0 aliphatic heterocycles. The first-order valence-corrected chi connectivity index (χ1v) is 8.70. The SMILES string of the molecule is COc1ccc(CNc2nccn(-c3ccc(Br)cc3)c2=O)cc1OC. The lowest BCUT2D eigenvalue weighted by atomic mass is 10.2. The average Bonchev–Trinajstić information content (AvgIpc) is 2.67. The highest BCUT2D eigenvalue weighted by Crippen LogP contribution is 2.27. The van der Waals surface area contributed by atoms with Crippen molar-refractivity contribution in [2.75, 3.05) is 19.5 Å². The summed E-state index contributed by atoms with van der Waals surface area (Å²) in [4.78, 5) is 16.8. The highest BCUT2D eigenvalue weighted by atomic mass is 79.9. The second-order valence-electron chi connectivity index (χ2n) is 5.47. The minimum absolute atomic E-state index is 0.213. The number of aromatic nitrogens is 2. The van der Waals surface area contributed by atoms with Gasteiger partial charge in [-0.05, 0) is 42.0 Å². The van der Waals surface area contributed by atoms with E-state index in [2.05, 4.69) is 26.2 Å². The van der Waals surface area contributed by atoms with Crippen LogP contribution in [0.4, 0.5) is 5.82 Å². The van der Waals surface area contributed by atoms with Gasteiger partial charge in [0.1, 0.15) is 0 Å². The van der Waals surface area contributed by atoms with Crippen molar-refractivity contribution in [2.24, 2.45) is 0 Å². The predicted molar refractivity (Wildman–Crippen MR) is 104 cm³/mol. The van der Waals surface area contributed by atoms with Crippen molar-refractivity contribution in [2.45, 2.75) is 6.54 Å². The Balaban J connectivity index is 1.82. The number of anilines is 1. The Morgan fingerprint density at radius 2 is 1.81 bits per heavy atom. The van der Waals surface area contributed by atoms with E-state index in [1.54, 1.807) is 31.2 Å². The lowest BCUT2D eigenvalue weighted by Crippen LogP contribution is -2.23. The Morgan fingerprint density at radius 1 is 1.08 bits per heavy atom. The predicted octanol–water partition coefficient (Wildman–Crippen LogP) is 3.62. The molecule has 0 atom stereocenters. The van der Waals surface area contributed by atoms with Crippen LogP contribution in [0.25, 0.3) is 5.69 Å². The molecule has 0 fully saturated rings. The van der Waals surface area contributed by atoms with E-state index in [4.69, 9.17) is 9.47 Å². The van der Waals surface area contributed by atoms with Crippen LogP contribution in [0.1, 0.15) is 5.56 Å². The fraction of sp³-hybridized carbons (Fsp3) is 0.158. The molecule has 1 N–H and O–H groups in total. The van der Waals surface area contributed by atoms with Crippen LogP contribution in [-0.2, 0) is 6.54 Å². The van der Waals surface area contributed by atoms with Gasteiger partial charge in [0.05, 0.1) is 14.2 Å². The van der Waals surface area contributed by atoms with Gasteiger partial charge in [-0.15, -0.1) is 0 Å². The second kappa shape index (κ2) is 8.05. The van der Waals surface area contributed by atoms with Gasteiger partial charge in [0.2, 0.25) is 0 Å². The van der Waals surface area contributed by atoms with E-state index in [9.17, 15) is 4.79 Å². The van der Waals surface area contributed by atoms with Gasteiger partial charge in [-0.1, -0.05) is 22.0 Å². The van der Waals surface area contributed by atoms with Crippen LogP contribution in [0.5, 0.6) is 11.5 Å². The molecule has 0 unspecified atom stereocenters. The van der Waals surface area contributed by atoms with Crippen LogP contribution < -0.4 is 20.3 Å². The number of nitrogens with one attached hydrogen (secondary N) is 1. The molecule has 0 aliphatic rings. The van der Waals surface area contributed by atoms with Crippen molar-refractivity contribution < 1.29 is 9.47 Å². The zero-order chi connectivity index (χ0) is 18.5. The van der Waals surface area contributed by atoms with E-state index < -0.39 is 0 Å². The lowest BCUT2D eigenvalue weighted by Gasteiger charge is -2.11. The molecule has 3 rings (SSSR count). The molecule has 0 saturated carbocycles. The molecule has 1 aromatic heterocycles. The quantitative estimate of drug-likeness (QED) is 0.665. The molecule has 7 heteroatoms. The summed E-state index contributed by atoms with van der Waals surface area (Å²) in [6, 6.07) is 13.1. The van der Waals surface area contributed by atoms with Crippen LogP contribution in [0.15, 0.2) is 64.1 Å². The van der Waals surface area contributed by atoms with Gasteiger partial charge in [0.15, 0.2) is 17.3 Å². The van der Waals surface area contributed by atoms with E-state index in [1.165, 1.54) is 0 Å². The number of ether oxygens (including phenoxy) is 2. The first-order chi connectivity index (χ1) is 12.6. The van der Waals surface area contributed by atoms with E-state index in [0.29, 0.717) is 18.0 Å². The summed E-state index contributed by atoms with van der Waals surface area (Å²) in [5, 5.41) is 3.09. The number of halogens is 1. The topological polar surface area (TPSA) is 65.4 Å². The summed E-state index contributed by atoms with van der Waals surface area (Å²) in [5.41, 5.74) is 1.51. The Bertz CT molecular complexity index is 955. The number of nitrogens with zero attached hydrogens (tertiary/aromatic N) is 2. The fourth-order valence-corrected chi connectivity index (χ4v) is 2.78. The third-order valence-corrected chi connectivity index (χ3v) is 4.38. The van der Waals surface area contributed by atoms with Crippen LogP contribution in [0.2, 0.25) is 0 Å². The van der Waals surface area contributed by atoms with Gasteiger partial charge < -0.3 is 14.8 Å². The summed E-state index contributed by atoms with van der Waals surface area (Å²) in [7, 11) is 3.18.